The number of anilines is 1. The molecule has 0 aromatic heterocycles. The van der Waals surface area contributed by atoms with Crippen LogP contribution in [-0.4, -0.2) is 16.7 Å². The SMILES string of the molecule is CCC(C)(C)Oc1ccc(N)cc1C(=O)O. The maximum Gasteiger partial charge on any atom is 0.339 e. The minimum Gasteiger partial charge on any atom is -0.487 e. The smallest absolute Gasteiger partial charge is 0.339 e. The van der Waals surface area contributed by atoms with E-state index in [9.17, 15) is 4.79 Å². The summed E-state index contributed by atoms with van der Waals surface area (Å²) in [6.07, 6.45) is 0.788. The molecule has 0 aliphatic carbocycles. The van der Waals surface area contributed by atoms with Crippen molar-refractivity contribution >= 4 is 11.7 Å². The predicted molar refractivity (Wildman–Crippen MR) is 62.8 cm³/mol. The molecule has 3 N–H and O–H groups in total. The Balaban J connectivity index is 3.09. The number of hydrogen-bond acceptors (Lipinski definition) is 3. The van der Waals surface area contributed by atoms with Gasteiger partial charge >= 0.3 is 5.97 Å². The lowest BCUT2D eigenvalue weighted by molar-refractivity contribution is 0.0672. The second-order valence-electron chi connectivity index (χ2n) is 4.28. The fourth-order valence-corrected chi connectivity index (χ4v) is 1.17. The van der Waals surface area contributed by atoms with Crippen LogP contribution in [0.3, 0.4) is 0 Å². The Hall–Kier alpha value is -1.71. The fourth-order valence-electron chi connectivity index (χ4n) is 1.17. The van der Waals surface area contributed by atoms with Gasteiger partial charge in [-0.05, 0) is 38.5 Å². The Morgan fingerprint density at radius 1 is 1.50 bits per heavy atom. The Bertz CT molecular complexity index is 399. The second-order valence-corrected chi connectivity index (χ2v) is 4.28. The number of carbonyl (C=O) groups is 1. The quantitative estimate of drug-likeness (QED) is 0.769. The third-order valence-electron chi connectivity index (χ3n) is 2.47. The molecular weight excluding hydrogens is 206 g/mol. The zero-order valence-corrected chi connectivity index (χ0v) is 9.78. The average molecular weight is 223 g/mol. The van der Waals surface area contributed by atoms with Crippen LogP contribution in [-0.2, 0) is 0 Å². The van der Waals surface area contributed by atoms with Gasteiger partial charge in [-0.2, -0.15) is 0 Å². The van der Waals surface area contributed by atoms with Crippen LogP contribution in [0.2, 0.25) is 0 Å². The zero-order chi connectivity index (χ0) is 12.3. The molecule has 0 amide bonds. The van der Waals surface area contributed by atoms with Crippen molar-refractivity contribution in [1.29, 1.82) is 0 Å². The Kier molecular flexibility index (Phi) is 3.42. The molecule has 4 heteroatoms. The molecule has 1 aromatic rings. The molecule has 0 bridgehead atoms. The van der Waals surface area contributed by atoms with Crippen LogP contribution in [0, 0.1) is 0 Å². The molecule has 1 aromatic carbocycles. The molecule has 16 heavy (non-hydrogen) atoms. The summed E-state index contributed by atoms with van der Waals surface area (Å²) in [5.41, 5.74) is 5.67. The van der Waals surface area contributed by atoms with E-state index < -0.39 is 5.97 Å². The minimum atomic E-state index is -1.03. The maximum atomic E-state index is 11.0. The lowest BCUT2D eigenvalue weighted by atomic mass is 10.1. The van der Waals surface area contributed by atoms with Crippen molar-refractivity contribution in [2.75, 3.05) is 5.73 Å². The molecule has 0 aliphatic heterocycles. The summed E-state index contributed by atoms with van der Waals surface area (Å²) in [6, 6.07) is 4.63. The number of hydrogen-bond donors (Lipinski definition) is 2. The van der Waals surface area contributed by atoms with Gasteiger partial charge in [0.25, 0.3) is 0 Å². The van der Waals surface area contributed by atoms with Crippen molar-refractivity contribution in [1.82, 2.24) is 0 Å². The molecule has 0 heterocycles. The van der Waals surface area contributed by atoms with Crippen molar-refractivity contribution in [2.24, 2.45) is 0 Å². The predicted octanol–water partition coefficient (Wildman–Crippen LogP) is 2.53. The first-order valence-corrected chi connectivity index (χ1v) is 5.17. The lowest BCUT2D eigenvalue weighted by Crippen LogP contribution is -2.27. The summed E-state index contributed by atoms with van der Waals surface area (Å²) < 4.78 is 5.66. The van der Waals surface area contributed by atoms with Gasteiger partial charge in [0.15, 0.2) is 0 Å². The Morgan fingerprint density at radius 2 is 2.12 bits per heavy atom. The first kappa shape index (κ1) is 12.4. The van der Waals surface area contributed by atoms with Crippen molar-refractivity contribution < 1.29 is 14.6 Å². The molecule has 88 valence electrons. The number of carboxylic acid groups (broad SMARTS) is 1. The number of benzene rings is 1. The van der Waals surface area contributed by atoms with E-state index in [2.05, 4.69) is 0 Å². The van der Waals surface area contributed by atoms with E-state index in [0.29, 0.717) is 11.4 Å². The summed E-state index contributed by atoms with van der Waals surface area (Å²) >= 11 is 0. The third-order valence-corrected chi connectivity index (χ3v) is 2.47. The van der Waals surface area contributed by atoms with Crippen molar-refractivity contribution in [2.45, 2.75) is 32.8 Å². The number of rotatable bonds is 4. The van der Waals surface area contributed by atoms with Crippen LogP contribution < -0.4 is 10.5 Å². The molecular formula is C12H17NO3. The van der Waals surface area contributed by atoms with Gasteiger partial charge in [-0.25, -0.2) is 4.79 Å². The van der Waals surface area contributed by atoms with Gasteiger partial charge in [0.05, 0.1) is 0 Å². The van der Waals surface area contributed by atoms with Crippen LogP contribution in [0.25, 0.3) is 0 Å². The first-order valence-electron chi connectivity index (χ1n) is 5.17. The van der Waals surface area contributed by atoms with Gasteiger partial charge in [-0.3, -0.25) is 0 Å². The third kappa shape index (κ3) is 2.89. The molecule has 0 spiro atoms. The average Bonchev–Trinajstić information content (AvgIpc) is 2.20. The van der Waals surface area contributed by atoms with E-state index in [1.807, 2.05) is 20.8 Å². The van der Waals surface area contributed by atoms with Crippen molar-refractivity contribution in [3.8, 4) is 5.75 Å². The van der Waals surface area contributed by atoms with E-state index in [1.165, 1.54) is 6.07 Å². The summed E-state index contributed by atoms with van der Waals surface area (Å²) in [4.78, 5) is 11.0. The van der Waals surface area contributed by atoms with Gasteiger partial charge in [-0.1, -0.05) is 6.92 Å². The van der Waals surface area contributed by atoms with Gasteiger partial charge < -0.3 is 15.6 Å². The number of nitrogens with two attached hydrogens (primary N) is 1. The van der Waals surface area contributed by atoms with E-state index >= 15 is 0 Å². The maximum absolute atomic E-state index is 11.0. The zero-order valence-electron chi connectivity index (χ0n) is 9.78. The Morgan fingerprint density at radius 3 is 2.62 bits per heavy atom. The molecule has 4 nitrogen and oxygen atoms in total. The van der Waals surface area contributed by atoms with Crippen molar-refractivity contribution in [3.63, 3.8) is 0 Å². The lowest BCUT2D eigenvalue weighted by Gasteiger charge is -2.25. The van der Waals surface area contributed by atoms with E-state index in [0.717, 1.165) is 6.42 Å². The number of carboxylic acids is 1. The fraction of sp³-hybridized carbons (Fsp3) is 0.417. The molecule has 0 fully saturated rings. The monoisotopic (exact) mass is 223 g/mol. The van der Waals surface area contributed by atoms with E-state index in [1.54, 1.807) is 12.1 Å². The van der Waals surface area contributed by atoms with Crippen LogP contribution in [0.1, 0.15) is 37.6 Å². The standard InChI is InChI=1S/C12H17NO3/c1-4-12(2,3)16-10-6-5-8(13)7-9(10)11(14)15/h5-7H,4,13H2,1-3H3,(H,14,15). The van der Waals surface area contributed by atoms with Gasteiger partial charge in [0.2, 0.25) is 0 Å². The largest absolute Gasteiger partial charge is 0.487 e. The highest BCUT2D eigenvalue weighted by molar-refractivity contribution is 5.92. The number of ether oxygens (including phenoxy) is 1. The van der Waals surface area contributed by atoms with E-state index in [-0.39, 0.29) is 11.2 Å². The van der Waals surface area contributed by atoms with Crippen LogP contribution >= 0.6 is 0 Å². The highest BCUT2D eigenvalue weighted by Gasteiger charge is 2.20. The molecule has 0 radical (unpaired) electrons. The first-order chi connectivity index (χ1) is 7.35. The molecule has 0 atom stereocenters. The molecule has 0 saturated heterocycles. The highest BCUT2D eigenvalue weighted by atomic mass is 16.5. The molecule has 0 aliphatic rings. The van der Waals surface area contributed by atoms with Crippen LogP contribution in [0.15, 0.2) is 18.2 Å². The summed E-state index contributed by atoms with van der Waals surface area (Å²) in [6.45, 7) is 5.81. The normalized spacial score (nSPS) is 11.2. The molecule has 1 rings (SSSR count). The number of nitrogen functional groups attached to an aromatic ring is 1. The van der Waals surface area contributed by atoms with Crippen molar-refractivity contribution in [3.05, 3.63) is 23.8 Å². The summed E-state index contributed by atoms with van der Waals surface area (Å²) in [5, 5.41) is 9.02. The molecule has 0 unspecified atom stereocenters. The number of aromatic carboxylic acids is 1. The summed E-state index contributed by atoms with van der Waals surface area (Å²) in [5.74, 6) is -0.678. The van der Waals surface area contributed by atoms with Gasteiger partial charge in [-0.15, -0.1) is 0 Å². The van der Waals surface area contributed by atoms with E-state index in [4.69, 9.17) is 15.6 Å². The molecule has 0 saturated carbocycles. The van der Waals surface area contributed by atoms with Gasteiger partial charge in [0.1, 0.15) is 16.9 Å². The summed E-state index contributed by atoms with van der Waals surface area (Å²) in [7, 11) is 0. The van der Waals surface area contributed by atoms with Crippen LogP contribution in [0.5, 0.6) is 5.75 Å². The minimum absolute atomic E-state index is 0.0986. The second kappa shape index (κ2) is 4.43. The Labute approximate surface area is 95.0 Å². The topological polar surface area (TPSA) is 72.5 Å². The highest BCUT2D eigenvalue weighted by Crippen LogP contribution is 2.26. The van der Waals surface area contributed by atoms with Gasteiger partial charge in [0, 0.05) is 5.69 Å². The van der Waals surface area contributed by atoms with Crippen LogP contribution in [0.4, 0.5) is 5.69 Å².